The summed E-state index contributed by atoms with van der Waals surface area (Å²) in [4.78, 5) is 28.8. The zero-order valence-corrected chi connectivity index (χ0v) is 14.8. The predicted octanol–water partition coefficient (Wildman–Crippen LogP) is 2.66. The van der Waals surface area contributed by atoms with Crippen LogP contribution in [-0.2, 0) is 4.79 Å². The summed E-state index contributed by atoms with van der Waals surface area (Å²) in [7, 11) is 0. The summed E-state index contributed by atoms with van der Waals surface area (Å²) >= 11 is 0. The molecule has 1 aromatic rings. The quantitative estimate of drug-likeness (QED) is 0.853. The summed E-state index contributed by atoms with van der Waals surface area (Å²) in [6.07, 6.45) is 3.52. The van der Waals surface area contributed by atoms with Crippen molar-refractivity contribution in [2.75, 3.05) is 19.6 Å². The minimum Gasteiger partial charge on any atom is -0.360 e. The fourth-order valence-electron chi connectivity index (χ4n) is 3.92. The van der Waals surface area contributed by atoms with Crippen molar-refractivity contribution in [3.63, 3.8) is 0 Å². The number of hydrogen-bond donors (Lipinski definition) is 0. The number of carbonyl (C=O) groups excluding carboxylic acids is 2. The smallest absolute Gasteiger partial charge is 0.276 e. The maximum atomic E-state index is 12.7. The average molecular weight is 333 g/mol. The van der Waals surface area contributed by atoms with Crippen LogP contribution in [0.4, 0.5) is 0 Å². The van der Waals surface area contributed by atoms with Gasteiger partial charge in [0, 0.05) is 44.1 Å². The Bertz CT molecular complexity index is 610. The molecule has 1 aromatic heterocycles. The van der Waals surface area contributed by atoms with E-state index in [1.165, 1.54) is 0 Å². The summed E-state index contributed by atoms with van der Waals surface area (Å²) in [5.74, 6) is 1.52. The molecule has 3 heterocycles. The van der Waals surface area contributed by atoms with Crippen LogP contribution in [0, 0.1) is 5.92 Å². The van der Waals surface area contributed by atoms with Crippen molar-refractivity contribution in [1.82, 2.24) is 15.0 Å². The van der Waals surface area contributed by atoms with Gasteiger partial charge >= 0.3 is 0 Å². The third kappa shape index (κ3) is 3.19. The Morgan fingerprint density at radius 2 is 2.12 bits per heavy atom. The van der Waals surface area contributed by atoms with Crippen molar-refractivity contribution in [2.24, 2.45) is 5.92 Å². The Morgan fingerprint density at radius 3 is 2.79 bits per heavy atom. The molecule has 0 N–H and O–H groups in total. The lowest BCUT2D eigenvalue weighted by Gasteiger charge is -2.47. The molecule has 0 bridgehead atoms. The van der Waals surface area contributed by atoms with Crippen LogP contribution < -0.4 is 0 Å². The second-order valence-corrected chi connectivity index (χ2v) is 7.22. The second kappa shape index (κ2) is 6.95. The predicted molar refractivity (Wildman–Crippen MR) is 89.6 cm³/mol. The minimum atomic E-state index is -0.0527. The standard InChI is InChI=1S/C18H27N3O3/c1-4-17(22)21-8-5-6-13-11-20(9-7-15(13)21)18(23)14-10-16(12(2)3)24-19-14/h10,12-13,15H,4-9,11H2,1-3H3. The molecule has 2 atom stereocenters. The molecule has 3 rings (SSSR count). The average Bonchev–Trinajstić information content (AvgIpc) is 3.09. The molecule has 0 radical (unpaired) electrons. The first kappa shape index (κ1) is 17.0. The SMILES string of the molecule is CCC(=O)N1CCCC2CN(C(=O)c3cc(C(C)C)on3)CCC21. The van der Waals surface area contributed by atoms with Crippen molar-refractivity contribution < 1.29 is 14.1 Å². The van der Waals surface area contributed by atoms with Crippen molar-refractivity contribution in [1.29, 1.82) is 0 Å². The molecular formula is C18H27N3O3. The summed E-state index contributed by atoms with van der Waals surface area (Å²) in [5.41, 5.74) is 0.398. The van der Waals surface area contributed by atoms with Crippen LogP contribution in [0.3, 0.4) is 0 Å². The molecule has 2 saturated heterocycles. The number of carbonyl (C=O) groups is 2. The second-order valence-electron chi connectivity index (χ2n) is 7.22. The Kier molecular flexibility index (Phi) is 4.92. The fraction of sp³-hybridized carbons (Fsp3) is 0.722. The van der Waals surface area contributed by atoms with Gasteiger partial charge in [0.2, 0.25) is 5.91 Å². The zero-order valence-electron chi connectivity index (χ0n) is 14.8. The molecule has 0 aliphatic carbocycles. The van der Waals surface area contributed by atoms with E-state index in [0.717, 1.165) is 31.6 Å². The number of hydrogen-bond acceptors (Lipinski definition) is 4. The molecule has 24 heavy (non-hydrogen) atoms. The van der Waals surface area contributed by atoms with E-state index < -0.39 is 0 Å². The Hall–Kier alpha value is -1.85. The van der Waals surface area contributed by atoms with Crippen LogP contribution >= 0.6 is 0 Å². The van der Waals surface area contributed by atoms with Crippen LogP contribution in [0.25, 0.3) is 0 Å². The minimum absolute atomic E-state index is 0.0527. The van der Waals surface area contributed by atoms with E-state index in [4.69, 9.17) is 4.52 Å². The Morgan fingerprint density at radius 1 is 1.33 bits per heavy atom. The van der Waals surface area contributed by atoms with Crippen LogP contribution in [0.5, 0.6) is 0 Å². The highest BCUT2D eigenvalue weighted by molar-refractivity contribution is 5.92. The monoisotopic (exact) mass is 333 g/mol. The van der Waals surface area contributed by atoms with Gasteiger partial charge in [-0.25, -0.2) is 0 Å². The highest BCUT2D eigenvalue weighted by Crippen LogP contribution is 2.31. The van der Waals surface area contributed by atoms with Crippen LogP contribution in [0.1, 0.15) is 68.6 Å². The van der Waals surface area contributed by atoms with Crippen LogP contribution in [0.2, 0.25) is 0 Å². The van der Waals surface area contributed by atoms with Gasteiger partial charge < -0.3 is 14.3 Å². The number of amides is 2. The lowest BCUT2D eigenvalue weighted by Crippen LogP contribution is -2.56. The molecule has 2 unspecified atom stereocenters. The molecule has 0 saturated carbocycles. The normalized spacial score (nSPS) is 24.2. The first-order valence-corrected chi connectivity index (χ1v) is 9.06. The molecule has 2 fully saturated rings. The molecule has 2 aliphatic rings. The summed E-state index contributed by atoms with van der Waals surface area (Å²) < 4.78 is 5.26. The maximum Gasteiger partial charge on any atom is 0.276 e. The molecule has 2 amide bonds. The molecule has 6 heteroatoms. The van der Waals surface area contributed by atoms with Gasteiger partial charge in [0.1, 0.15) is 5.76 Å². The van der Waals surface area contributed by atoms with Gasteiger partial charge in [0.05, 0.1) is 0 Å². The van der Waals surface area contributed by atoms with E-state index in [9.17, 15) is 9.59 Å². The number of fused-ring (bicyclic) bond motifs is 1. The fourth-order valence-corrected chi connectivity index (χ4v) is 3.92. The molecule has 132 valence electrons. The Labute approximate surface area is 143 Å². The van der Waals surface area contributed by atoms with Gasteiger partial charge in [-0.1, -0.05) is 25.9 Å². The third-order valence-corrected chi connectivity index (χ3v) is 5.29. The Balaban J connectivity index is 1.68. The van der Waals surface area contributed by atoms with Gasteiger partial charge in [-0.05, 0) is 25.2 Å². The van der Waals surface area contributed by atoms with E-state index in [1.54, 1.807) is 6.07 Å². The first-order valence-electron chi connectivity index (χ1n) is 9.06. The van der Waals surface area contributed by atoms with E-state index in [1.807, 2.05) is 30.6 Å². The maximum absolute atomic E-state index is 12.7. The molecule has 6 nitrogen and oxygen atoms in total. The van der Waals surface area contributed by atoms with Gasteiger partial charge in [-0.15, -0.1) is 0 Å². The highest BCUT2D eigenvalue weighted by atomic mass is 16.5. The molecule has 0 aromatic carbocycles. The van der Waals surface area contributed by atoms with E-state index in [-0.39, 0.29) is 17.7 Å². The number of likely N-dealkylation sites (tertiary alicyclic amines) is 2. The third-order valence-electron chi connectivity index (χ3n) is 5.29. The van der Waals surface area contributed by atoms with Gasteiger partial charge in [0.25, 0.3) is 5.91 Å². The van der Waals surface area contributed by atoms with E-state index in [0.29, 0.717) is 37.2 Å². The van der Waals surface area contributed by atoms with Crippen LogP contribution in [-0.4, -0.2) is 52.4 Å². The lowest BCUT2D eigenvalue weighted by atomic mass is 9.83. The van der Waals surface area contributed by atoms with Crippen molar-refractivity contribution in [3.05, 3.63) is 17.5 Å². The van der Waals surface area contributed by atoms with Gasteiger partial charge in [-0.2, -0.15) is 0 Å². The van der Waals surface area contributed by atoms with Crippen molar-refractivity contribution >= 4 is 11.8 Å². The number of aromatic nitrogens is 1. The topological polar surface area (TPSA) is 66.7 Å². The van der Waals surface area contributed by atoms with Gasteiger partial charge in [-0.3, -0.25) is 9.59 Å². The zero-order chi connectivity index (χ0) is 17.3. The van der Waals surface area contributed by atoms with Crippen molar-refractivity contribution in [3.8, 4) is 0 Å². The van der Waals surface area contributed by atoms with Crippen LogP contribution in [0.15, 0.2) is 10.6 Å². The lowest BCUT2D eigenvalue weighted by molar-refractivity contribution is -0.137. The van der Waals surface area contributed by atoms with Gasteiger partial charge in [0.15, 0.2) is 5.69 Å². The number of piperidine rings is 2. The molecular weight excluding hydrogens is 306 g/mol. The summed E-state index contributed by atoms with van der Waals surface area (Å²) in [6.45, 7) is 8.20. The molecule has 2 aliphatic heterocycles. The highest BCUT2D eigenvalue weighted by Gasteiger charge is 2.39. The number of nitrogens with zero attached hydrogens (tertiary/aromatic N) is 3. The summed E-state index contributed by atoms with van der Waals surface area (Å²) in [5, 5.41) is 3.94. The largest absolute Gasteiger partial charge is 0.360 e. The number of rotatable bonds is 3. The van der Waals surface area contributed by atoms with Crippen molar-refractivity contribution in [2.45, 2.75) is 58.4 Å². The van der Waals surface area contributed by atoms with E-state index >= 15 is 0 Å². The van der Waals surface area contributed by atoms with E-state index in [2.05, 4.69) is 5.16 Å². The molecule has 0 spiro atoms. The summed E-state index contributed by atoms with van der Waals surface area (Å²) in [6, 6.07) is 2.05. The first-order chi connectivity index (χ1) is 11.5.